The minimum Gasteiger partial charge on any atom is -0.398 e. The maximum Gasteiger partial charge on any atom is 0.229 e. The molecule has 1 amide bonds. The predicted molar refractivity (Wildman–Crippen MR) is 93.3 cm³/mol. The number of hydrogen-bond donors (Lipinski definition) is 1. The van der Waals surface area contributed by atoms with E-state index in [0.29, 0.717) is 12.8 Å². The number of amides is 1. The van der Waals surface area contributed by atoms with E-state index in [9.17, 15) is 4.79 Å². The van der Waals surface area contributed by atoms with Crippen LogP contribution in [0.2, 0.25) is 5.22 Å². The van der Waals surface area contributed by atoms with Crippen molar-refractivity contribution in [3.63, 3.8) is 0 Å². The molecule has 0 radical (unpaired) electrons. The Morgan fingerprint density at radius 2 is 2.26 bits per heavy atom. The van der Waals surface area contributed by atoms with Gasteiger partial charge in [0.25, 0.3) is 0 Å². The second-order valence-electron chi connectivity index (χ2n) is 5.51. The van der Waals surface area contributed by atoms with Crippen LogP contribution in [0.1, 0.15) is 29.7 Å². The Hall–Kier alpha value is -1.72. The Kier molecular flexibility index (Phi) is 5.55. The molecule has 124 valence electrons. The number of fused-ring (bicyclic) bond motifs is 1. The quantitative estimate of drug-likeness (QED) is 0.854. The second kappa shape index (κ2) is 7.23. The smallest absolute Gasteiger partial charge is 0.229 e. The summed E-state index contributed by atoms with van der Waals surface area (Å²) in [6.07, 6.45) is 2.75. The Balaban J connectivity index is 0.00000192. The third kappa shape index (κ3) is 3.46. The first-order valence-electron chi connectivity index (χ1n) is 7.36. The average Bonchev–Trinajstić information content (AvgIpc) is 2.83. The molecule has 0 spiro atoms. The summed E-state index contributed by atoms with van der Waals surface area (Å²) < 4.78 is 4.92. The van der Waals surface area contributed by atoms with Gasteiger partial charge in [-0.3, -0.25) is 4.79 Å². The molecule has 1 aromatic heterocycles. The van der Waals surface area contributed by atoms with Crippen LogP contribution in [-0.4, -0.2) is 17.6 Å². The summed E-state index contributed by atoms with van der Waals surface area (Å²) in [5.41, 5.74) is 10.3. The molecule has 23 heavy (non-hydrogen) atoms. The van der Waals surface area contributed by atoms with E-state index in [1.807, 2.05) is 30.0 Å². The minimum atomic E-state index is 0. The Bertz CT molecular complexity index is 696. The maximum absolute atomic E-state index is 12.6. The van der Waals surface area contributed by atoms with Crippen molar-refractivity contribution < 1.29 is 9.32 Å². The normalized spacial score (nSPS) is 13.4. The monoisotopic (exact) mass is 355 g/mol. The number of anilines is 2. The van der Waals surface area contributed by atoms with Gasteiger partial charge in [-0.25, -0.2) is 0 Å². The molecule has 1 aliphatic heterocycles. The van der Waals surface area contributed by atoms with Gasteiger partial charge in [0.05, 0.1) is 5.69 Å². The van der Waals surface area contributed by atoms with Gasteiger partial charge in [-0.05, 0) is 55.5 Å². The number of aryl methyl sites for hydroxylation is 1. The van der Waals surface area contributed by atoms with E-state index in [1.165, 1.54) is 0 Å². The second-order valence-corrected chi connectivity index (χ2v) is 5.86. The van der Waals surface area contributed by atoms with E-state index >= 15 is 0 Å². The van der Waals surface area contributed by atoms with Crippen molar-refractivity contribution in [1.29, 1.82) is 0 Å². The van der Waals surface area contributed by atoms with Gasteiger partial charge in [0.15, 0.2) is 0 Å². The summed E-state index contributed by atoms with van der Waals surface area (Å²) >= 11 is 5.95. The molecule has 5 nitrogen and oxygen atoms in total. The van der Waals surface area contributed by atoms with Crippen LogP contribution in [0.25, 0.3) is 0 Å². The van der Waals surface area contributed by atoms with Gasteiger partial charge in [-0.2, -0.15) is 0 Å². The fourth-order valence-corrected chi connectivity index (χ4v) is 3.18. The third-order valence-electron chi connectivity index (χ3n) is 4.11. The lowest BCUT2D eigenvalue weighted by atomic mass is 9.99. The van der Waals surface area contributed by atoms with Crippen LogP contribution < -0.4 is 10.6 Å². The first-order valence-corrected chi connectivity index (χ1v) is 7.74. The van der Waals surface area contributed by atoms with Crippen molar-refractivity contribution in [3.8, 4) is 0 Å². The fourth-order valence-electron chi connectivity index (χ4n) is 2.92. The summed E-state index contributed by atoms with van der Waals surface area (Å²) in [4.78, 5) is 14.4. The van der Waals surface area contributed by atoms with Crippen molar-refractivity contribution >= 4 is 41.3 Å². The molecular formula is C16H19Cl2N3O2. The van der Waals surface area contributed by atoms with Gasteiger partial charge in [0.1, 0.15) is 0 Å². The number of carbonyl (C=O) groups is 1. The summed E-state index contributed by atoms with van der Waals surface area (Å²) in [7, 11) is 0. The number of benzene rings is 1. The Morgan fingerprint density at radius 3 is 2.96 bits per heavy atom. The fraction of sp³-hybridized carbons (Fsp3) is 0.375. The molecule has 0 aliphatic carbocycles. The van der Waals surface area contributed by atoms with Gasteiger partial charge in [0.2, 0.25) is 11.1 Å². The first kappa shape index (κ1) is 17.6. The molecule has 0 saturated carbocycles. The van der Waals surface area contributed by atoms with Crippen LogP contribution in [0, 0.1) is 6.92 Å². The van der Waals surface area contributed by atoms with E-state index in [4.69, 9.17) is 21.9 Å². The molecule has 0 saturated heterocycles. The molecular weight excluding hydrogens is 337 g/mol. The highest BCUT2D eigenvalue weighted by Crippen LogP contribution is 2.32. The number of nitrogen functional groups attached to an aromatic ring is 1. The number of nitrogens with two attached hydrogens (primary N) is 1. The summed E-state index contributed by atoms with van der Waals surface area (Å²) in [5, 5.41) is 4.08. The van der Waals surface area contributed by atoms with Gasteiger partial charge in [0, 0.05) is 29.9 Å². The average molecular weight is 356 g/mol. The molecule has 2 aromatic rings. The number of carbonyl (C=O) groups excluding carboxylic acids is 1. The van der Waals surface area contributed by atoms with Crippen molar-refractivity contribution in [3.05, 3.63) is 40.2 Å². The van der Waals surface area contributed by atoms with Crippen LogP contribution >= 0.6 is 24.0 Å². The number of nitrogens with zero attached hydrogens (tertiary/aromatic N) is 2. The maximum atomic E-state index is 12.6. The minimum absolute atomic E-state index is 0. The van der Waals surface area contributed by atoms with Gasteiger partial charge in [-0.15, -0.1) is 12.4 Å². The highest BCUT2D eigenvalue weighted by Gasteiger charge is 2.24. The lowest BCUT2D eigenvalue weighted by Crippen LogP contribution is -2.35. The van der Waals surface area contributed by atoms with E-state index in [1.54, 1.807) is 0 Å². The zero-order valence-electron chi connectivity index (χ0n) is 12.8. The third-order valence-corrected chi connectivity index (χ3v) is 4.41. The van der Waals surface area contributed by atoms with Crippen LogP contribution in [0.3, 0.4) is 0 Å². The molecule has 1 aromatic carbocycles. The lowest BCUT2D eigenvalue weighted by molar-refractivity contribution is -0.118. The van der Waals surface area contributed by atoms with Crippen molar-refractivity contribution in [2.45, 2.75) is 32.6 Å². The molecule has 0 bridgehead atoms. The SMILES string of the molecule is Cc1noc(Cl)c1CCC(=O)N1CCCc2c(N)cccc21.Cl. The largest absolute Gasteiger partial charge is 0.398 e. The Labute approximate surface area is 146 Å². The van der Waals surface area contributed by atoms with Crippen LogP contribution in [0.5, 0.6) is 0 Å². The molecule has 0 fully saturated rings. The lowest BCUT2D eigenvalue weighted by Gasteiger charge is -2.30. The molecule has 7 heteroatoms. The molecule has 1 aliphatic rings. The number of hydrogen-bond acceptors (Lipinski definition) is 4. The van der Waals surface area contributed by atoms with Crippen LogP contribution in [0.15, 0.2) is 22.7 Å². The van der Waals surface area contributed by atoms with E-state index in [-0.39, 0.29) is 23.5 Å². The molecule has 2 N–H and O–H groups in total. The van der Waals surface area contributed by atoms with Gasteiger partial charge < -0.3 is 15.2 Å². The van der Waals surface area contributed by atoms with Crippen molar-refractivity contribution in [1.82, 2.24) is 5.16 Å². The summed E-state index contributed by atoms with van der Waals surface area (Å²) in [6, 6.07) is 5.73. The van der Waals surface area contributed by atoms with Crippen molar-refractivity contribution in [2.75, 3.05) is 17.2 Å². The Morgan fingerprint density at radius 1 is 1.48 bits per heavy atom. The standard InChI is InChI=1S/C16H18ClN3O2.ClH/c1-10-11(16(17)22-19-10)7-8-15(21)20-9-3-4-12-13(18)5-2-6-14(12)20;/h2,5-6H,3-4,7-9,18H2,1H3;1H. The van der Waals surface area contributed by atoms with Crippen LogP contribution in [-0.2, 0) is 17.6 Å². The van der Waals surface area contributed by atoms with E-state index in [0.717, 1.165) is 47.6 Å². The van der Waals surface area contributed by atoms with E-state index < -0.39 is 0 Å². The highest BCUT2D eigenvalue weighted by atomic mass is 35.5. The number of aromatic nitrogens is 1. The summed E-state index contributed by atoms with van der Waals surface area (Å²) in [6.45, 7) is 2.55. The van der Waals surface area contributed by atoms with Crippen molar-refractivity contribution in [2.24, 2.45) is 0 Å². The zero-order valence-corrected chi connectivity index (χ0v) is 14.4. The van der Waals surface area contributed by atoms with E-state index in [2.05, 4.69) is 5.16 Å². The highest BCUT2D eigenvalue weighted by molar-refractivity contribution is 6.29. The first-order chi connectivity index (χ1) is 10.6. The summed E-state index contributed by atoms with van der Waals surface area (Å²) in [5.74, 6) is 0.0724. The predicted octanol–water partition coefficient (Wildman–Crippen LogP) is 3.55. The molecule has 0 unspecified atom stereocenters. The zero-order chi connectivity index (χ0) is 15.7. The topological polar surface area (TPSA) is 72.4 Å². The number of rotatable bonds is 3. The molecule has 0 atom stereocenters. The molecule has 3 rings (SSSR count). The van der Waals surface area contributed by atoms with Gasteiger partial charge in [-0.1, -0.05) is 11.2 Å². The van der Waals surface area contributed by atoms with Crippen LogP contribution in [0.4, 0.5) is 11.4 Å². The van der Waals surface area contributed by atoms with Gasteiger partial charge >= 0.3 is 0 Å². The number of halogens is 2. The molecule has 2 heterocycles.